The standard InChI is InChI=1S/C16H18ClN3/c1-20(10-12-6-8-14(17)9-7-12)11-13-4-2-3-5-15(13)16(18)19/h2-9H,10-11H2,1H3,(H3,18,19). The first-order valence-electron chi connectivity index (χ1n) is 6.41. The van der Waals surface area contributed by atoms with Gasteiger partial charge < -0.3 is 5.73 Å². The van der Waals surface area contributed by atoms with Gasteiger partial charge in [0, 0.05) is 23.7 Å². The van der Waals surface area contributed by atoms with Crippen LogP contribution in [0.2, 0.25) is 5.02 Å². The SMILES string of the molecule is CN(Cc1ccc(Cl)cc1)Cc1ccccc1C(=N)N. The van der Waals surface area contributed by atoms with Crippen LogP contribution in [0, 0.1) is 5.41 Å². The van der Waals surface area contributed by atoms with E-state index in [0.29, 0.717) is 0 Å². The molecule has 0 saturated carbocycles. The molecule has 2 aromatic carbocycles. The Hall–Kier alpha value is -1.84. The average Bonchev–Trinajstić information content (AvgIpc) is 2.41. The molecule has 0 aliphatic carbocycles. The van der Waals surface area contributed by atoms with Crippen LogP contribution >= 0.6 is 11.6 Å². The number of hydrogen-bond acceptors (Lipinski definition) is 2. The number of nitrogens with zero attached hydrogens (tertiary/aromatic N) is 1. The van der Waals surface area contributed by atoms with Crippen molar-refractivity contribution in [2.45, 2.75) is 13.1 Å². The maximum Gasteiger partial charge on any atom is 0.123 e. The third-order valence-electron chi connectivity index (χ3n) is 3.11. The van der Waals surface area contributed by atoms with E-state index in [1.54, 1.807) is 0 Å². The molecule has 0 unspecified atom stereocenters. The summed E-state index contributed by atoms with van der Waals surface area (Å²) in [6, 6.07) is 15.6. The zero-order valence-corrected chi connectivity index (χ0v) is 12.2. The van der Waals surface area contributed by atoms with E-state index in [2.05, 4.69) is 4.90 Å². The second-order valence-corrected chi connectivity index (χ2v) is 5.31. The summed E-state index contributed by atoms with van der Waals surface area (Å²) in [5.74, 6) is 0.112. The topological polar surface area (TPSA) is 53.1 Å². The van der Waals surface area contributed by atoms with Crippen LogP contribution in [0.3, 0.4) is 0 Å². The Bertz CT molecular complexity index is 593. The van der Waals surface area contributed by atoms with Gasteiger partial charge in [-0.25, -0.2) is 0 Å². The van der Waals surface area contributed by atoms with Crippen LogP contribution < -0.4 is 5.73 Å². The van der Waals surface area contributed by atoms with Gasteiger partial charge in [-0.15, -0.1) is 0 Å². The van der Waals surface area contributed by atoms with Crippen LogP contribution in [0.25, 0.3) is 0 Å². The molecular weight excluding hydrogens is 270 g/mol. The molecule has 2 rings (SSSR count). The largest absolute Gasteiger partial charge is 0.384 e. The highest BCUT2D eigenvalue weighted by molar-refractivity contribution is 6.30. The van der Waals surface area contributed by atoms with Gasteiger partial charge in [-0.2, -0.15) is 0 Å². The Morgan fingerprint density at radius 1 is 1.10 bits per heavy atom. The second kappa shape index (κ2) is 6.55. The van der Waals surface area contributed by atoms with E-state index in [9.17, 15) is 0 Å². The number of benzene rings is 2. The molecule has 0 bridgehead atoms. The van der Waals surface area contributed by atoms with Crippen molar-refractivity contribution < 1.29 is 0 Å². The maximum atomic E-state index is 7.61. The Labute approximate surface area is 124 Å². The zero-order chi connectivity index (χ0) is 14.5. The molecule has 3 N–H and O–H groups in total. The first-order valence-corrected chi connectivity index (χ1v) is 6.79. The van der Waals surface area contributed by atoms with Gasteiger partial charge in [0.1, 0.15) is 5.84 Å². The van der Waals surface area contributed by atoms with Crippen molar-refractivity contribution in [1.82, 2.24) is 4.90 Å². The third-order valence-corrected chi connectivity index (χ3v) is 3.37. The molecule has 0 aromatic heterocycles. The first kappa shape index (κ1) is 14.6. The van der Waals surface area contributed by atoms with Gasteiger partial charge in [0.2, 0.25) is 0 Å². The summed E-state index contributed by atoms with van der Waals surface area (Å²) in [5, 5.41) is 8.36. The fourth-order valence-corrected chi connectivity index (χ4v) is 2.30. The number of nitrogens with one attached hydrogen (secondary N) is 1. The van der Waals surface area contributed by atoms with Gasteiger partial charge in [0.05, 0.1) is 0 Å². The van der Waals surface area contributed by atoms with E-state index in [-0.39, 0.29) is 5.84 Å². The lowest BCUT2D eigenvalue weighted by Gasteiger charge is -2.18. The number of nitrogen functional groups attached to an aromatic ring is 1. The summed E-state index contributed by atoms with van der Waals surface area (Å²) in [5.41, 5.74) is 8.68. The molecule has 2 aromatic rings. The van der Waals surface area contributed by atoms with Crippen molar-refractivity contribution in [2.24, 2.45) is 5.73 Å². The minimum atomic E-state index is 0.112. The van der Waals surface area contributed by atoms with Crippen LogP contribution in [0.4, 0.5) is 0 Å². The van der Waals surface area contributed by atoms with Crippen LogP contribution in [0.1, 0.15) is 16.7 Å². The molecule has 20 heavy (non-hydrogen) atoms. The average molecular weight is 288 g/mol. The summed E-state index contributed by atoms with van der Waals surface area (Å²) in [4.78, 5) is 2.19. The minimum Gasteiger partial charge on any atom is -0.384 e. The van der Waals surface area contributed by atoms with Crippen molar-refractivity contribution in [3.8, 4) is 0 Å². The van der Waals surface area contributed by atoms with Gasteiger partial charge in [-0.05, 0) is 30.3 Å². The van der Waals surface area contributed by atoms with Crippen LogP contribution in [-0.2, 0) is 13.1 Å². The van der Waals surface area contributed by atoms with Gasteiger partial charge >= 0.3 is 0 Å². The summed E-state index contributed by atoms with van der Waals surface area (Å²) >= 11 is 5.88. The first-order chi connectivity index (χ1) is 9.56. The Morgan fingerprint density at radius 2 is 1.75 bits per heavy atom. The molecule has 0 fully saturated rings. The Kier molecular flexibility index (Phi) is 4.77. The number of halogens is 1. The molecule has 0 aliphatic rings. The second-order valence-electron chi connectivity index (χ2n) is 4.87. The molecule has 0 amide bonds. The van der Waals surface area contributed by atoms with Crippen molar-refractivity contribution in [3.63, 3.8) is 0 Å². The highest BCUT2D eigenvalue weighted by Crippen LogP contribution is 2.14. The van der Waals surface area contributed by atoms with Crippen LogP contribution in [0.15, 0.2) is 48.5 Å². The summed E-state index contributed by atoms with van der Waals surface area (Å²) in [6.07, 6.45) is 0. The van der Waals surface area contributed by atoms with E-state index in [1.165, 1.54) is 5.56 Å². The molecule has 3 nitrogen and oxygen atoms in total. The lowest BCUT2D eigenvalue weighted by molar-refractivity contribution is 0.319. The molecule has 4 heteroatoms. The highest BCUT2D eigenvalue weighted by Gasteiger charge is 2.07. The molecule has 0 aliphatic heterocycles. The number of amidine groups is 1. The summed E-state index contributed by atoms with van der Waals surface area (Å²) < 4.78 is 0. The maximum absolute atomic E-state index is 7.61. The fourth-order valence-electron chi connectivity index (χ4n) is 2.17. The molecular formula is C16H18ClN3. The molecule has 0 radical (unpaired) electrons. The predicted molar refractivity (Wildman–Crippen MR) is 84.1 cm³/mol. The number of nitrogens with two attached hydrogens (primary N) is 1. The van der Waals surface area contributed by atoms with Gasteiger partial charge in [-0.3, -0.25) is 10.3 Å². The Balaban J connectivity index is 2.06. The number of hydrogen-bond donors (Lipinski definition) is 2. The van der Waals surface area contributed by atoms with E-state index in [0.717, 1.165) is 29.2 Å². The lowest BCUT2D eigenvalue weighted by Crippen LogP contribution is -2.21. The van der Waals surface area contributed by atoms with E-state index >= 15 is 0 Å². The zero-order valence-electron chi connectivity index (χ0n) is 11.4. The molecule has 0 saturated heterocycles. The molecule has 0 spiro atoms. The molecule has 104 valence electrons. The lowest BCUT2D eigenvalue weighted by atomic mass is 10.1. The monoisotopic (exact) mass is 287 g/mol. The van der Waals surface area contributed by atoms with Gasteiger partial charge in [0.25, 0.3) is 0 Å². The molecule has 0 heterocycles. The van der Waals surface area contributed by atoms with Crippen molar-refractivity contribution >= 4 is 17.4 Å². The van der Waals surface area contributed by atoms with E-state index in [1.807, 2.05) is 55.6 Å². The fraction of sp³-hybridized carbons (Fsp3) is 0.188. The normalized spacial score (nSPS) is 10.8. The van der Waals surface area contributed by atoms with Crippen molar-refractivity contribution in [1.29, 1.82) is 5.41 Å². The van der Waals surface area contributed by atoms with Crippen LogP contribution in [-0.4, -0.2) is 17.8 Å². The smallest absolute Gasteiger partial charge is 0.123 e. The number of rotatable bonds is 5. The van der Waals surface area contributed by atoms with Crippen molar-refractivity contribution in [3.05, 3.63) is 70.2 Å². The van der Waals surface area contributed by atoms with E-state index < -0.39 is 0 Å². The quantitative estimate of drug-likeness (QED) is 0.655. The van der Waals surface area contributed by atoms with Gasteiger partial charge in [0.15, 0.2) is 0 Å². The third kappa shape index (κ3) is 3.83. The molecule has 0 atom stereocenters. The summed E-state index contributed by atoms with van der Waals surface area (Å²) in [6.45, 7) is 1.57. The highest BCUT2D eigenvalue weighted by atomic mass is 35.5. The minimum absolute atomic E-state index is 0.112. The van der Waals surface area contributed by atoms with Gasteiger partial charge in [-0.1, -0.05) is 48.0 Å². The Morgan fingerprint density at radius 3 is 2.40 bits per heavy atom. The van der Waals surface area contributed by atoms with Crippen molar-refractivity contribution in [2.75, 3.05) is 7.05 Å². The predicted octanol–water partition coefficient (Wildman–Crippen LogP) is 3.26. The van der Waals surface area contributed by atoms with Crippen LogP contribution in [0.5, 0.6) is 0 Å². The van der Waals surface area contributed by atoms with E-state index in [4.69, 9.17) is 22.7 Å². The summed E-state index contributed by atoms with van der Waals surface area (Å²) in [7, 11) is 2.05.